The zero-order valence-electron chi connectivity index (χ0n) is 16.0. The highest BCUT2D eigenvalue weighted by molar-refractivity contribution is 7.22. The Morgan fingerprint density at radius 1 is 1.25 bits per heavy atom. The number of hydrogen-bond donors (Lipinski definition) is 0. The van der Waals surface area contributed by atoms with Gasteiger partial charge in [-0.15, -0.1) is 0 Å². The number of aromatic nitrogens is 1. The number of fused-ring (bicyclic) bond motifs is 1. The molecule has 1 aromatic carbocycles. The zero-order chi connectivity index (χ0) is 19.8. The van der Waals surface area contributed by atoms with Crippen LogP contribution in [0.2, 0.25) is 0 Å². The fourth-order valence-corrected chi connectivity index (χ4v) is 5.13. The summed E-state index contributed by atoms with van der Waals surface area (Å²) >= 11 is 1.47. The van der Waals surface area contributed by atoms with Gasteiger partial charge in [-0.25, -0.2) is 4.98 Å². The van der Waals surface area contributed by atoms with Crippen LogP contribution < -0.4 is 4.90 Å². The van der Waals surface area contributed by atoms with Crippen molar-refractivity contribution in [3.63, 3.8) is 0 Å². The quantitative estimate of drug-likeness (QED) is 0.577. The lowest BCUT2D eigenvalue weighted by atomic mass is 9.95. The van der Waals surface area contributed by atoms with Gasteiger partial charge >= 0.3 is 0 Å². The lowest BCUT2D eigenvalue weighted by molar-refractivity contribution is -0.384. The van der Waals surface area contributed by atoms with E-state index < -0.39 is 0 Å². The van der Waals surface area contributed by atoms with E-state index in [4.69, 9.17) is 4.74 Å². The van der Waals surface area contributed by atoms with Crippen LogP contribution >= 0.6 is 11.3 Å². The number of anilines is 1. The SMILES string of the molecule is CC1CN(C(=O)C2CCN(c3nc4ccc([N+](=O)[O-])cc4s3)CC2)CC(C)O1. The number of nitro benzene ring substituents is 1. The average molecular weight is 404 g/mol. The van der Waals surface area contributed by atoms with Crippen molar-refractivity contribution in [2.24, 2.45) is 5.92 Å². The van der Waals surface area contributed by atoms with Gasteiger partial charge < -0.3 is 14.5 Å². The summed E-state index contributed by atoms with van der Waals surface area (Å²) in [5.41, 5.74) is 0.862. The summed E-state index contributed by atoms with van der Waals surface area (Å²) in [4.78, 5) is 32.2. The number of nitro groups is 1. The number of carbonyl (C=O) groups is 1. The van der Waals surface area contributed by atoms with E-state index >= 15 is 0 Å². The van der Waals surface area contributed by atoms with Gasteiger partial charge in [0, 0.05) is 44.2 Å². The Labute approximate surface area is 167 Å². The van der Waals surface area contributed by atoms with Crippen LogP contribution in [0.25, 0.3) is 10.2 Å². The molecule has 2 aromatic rings. The molecule has 9 heteroatoms. The van der Waals surface area contributed by atoms with E-state index in [9.17, 15) is 14.9 Å². The highest BCUT2D eigenvalue weighted by atomic mass is 32.1. The largest absolute Gasteiger partial charge is 0.372 e. The first-order valence-corrected chi connectivity index (χ1v) is 10.5. The summed E-state index contributed by atoms with van der Waals surface area (Å²) in [7, 11) is 0. The molecule has 150 valence electrons. The fraction of sp³-hybridized carbons (Fsp3) is 0.579. The molecule has 2 aliphatic heterocycles. The molecule has 2 aliphatic rings. The number of thiazole rings is 1. The third-order valence-corrected chi connectivity index (χ3v) is 6.50. The number of benzene rings is 1. The molecule has 0 aliphatic carbocycles. The number of rotatable bonds is 3. The first-order chi connectivity index (χ1) is 13.4. The zero-order valence-corrected chi connectivity index (χ0v) is 16.9. The summed E-state index contributed by atoms with van der Waals surface area (Å²) in [5.74, 6) is 0.283. The van der Waals surface area contributed by atoms with Crippen molar-refractivity contribution in [2.45, 2.75) is 38.9 Å². The molecule has 1 aromatic heterocycles. The third kappa shape index (κ3) is 3.81. The monoisotopic (exact) mass is 404 g/mol. The van der Waals surface area contributed by atoms with Gasteiger partial charge in [-0.05, 0) is 32.8 Å². The first-order valence-electron chi connectivity index (χ1n) is 9.65. The molecular weight excluding hydrogens is 380 g/mol. The molecule has 2 fully saturated rings. The molecule has 28 heavy (non-hydrogen) atoms. The van der Waals surface area contributed by atoms with E-state index in [-0.39, 0.29) is 34.6 Å². The maximum atomic E-state index is 12.9. The predicted octanol–water partition coefficient (Wildman–Crippen LogP) is 3.06. The molecule has 4 rings (SSSR count). The van der Waals surface area contributed by atoms with Gasteiger partial charge in [0.1, 0.15) is 0 Å². The molecule has 1 amide bonds. The van der Waals surface area contributed by atoms with Gasteiger partial charge in [-0.1, -0.05) is 11.3 Å². The van der Waals surface area contributed by atoms with Crippen molar-refractivity contribution in [3.8, 4) is 0 Å². The Hall–Kier alpha value is -2.26. The maximum absolute atomic E-state index is 12.9. The van der Waals surface area contributed by atoms with Crippen LogP contribution in [0.4, 0.5) is 10.8 Å². The Morgan fingerprint density at radius 2 is 1.93 bits per heavy atom. The van der Waals surface area contributed by atoms with Gasteiger partial charge in [0.25, 0.3) is 5.69 Å². The normalized spacial score (nSPS) is 23.9. The lowest BCUT2D eigenvalue weighted by Crippen LogP contribution is -2.51. The van der Waals surface area contributed by atoms with Crippen LogP contribution in [-0.4, -0.2) is 59.1 Å². The number of nitrogens with zero attached hydrogens (tertiary/aromatic N) is 4. The molecule has 0 N–H and O–H groups in total. The fourth-order valence-electron chi connectivity index (χ4n) is 4.08. The van der Waals surface area contributed by atoms with Crippen molar-refractivity contribution in [2.75, 3.05) is 31.1 Å². The number of carbonyl (C=O) groups excluding carboxylic acids is 1. The van der Waals surface area contributed by atoms with Gasteiger partial charge in [-0.3, -0.25) is 14.9 Å². The lowest BCUT2D eigenvalue weighted by Gasteiger charge is -2.39. The van der Waals surface area contributed by atoms with E-state index in [2.05, 4.69) is 9.88 Å². The molecule has 8 nitrogen and oxygen atoms in total. The van der Waals surface area contributed by atoms with Crippen LogP contribution in [-0.2, 0) is 9.53 Å². The Morgan fingerprint density at radius 3 is 2.57 bits per heavy atom. The van der Waals surface area contributed by atoms with Crippen LogP contribution in [0.3, 0.4) is 0 Å². The molecule has 2 unspecified atom stereocenters. The Kier molecular flexibility index (Phi) is 5.20. The molecule has 0 spiro atoms. The van der Waals surface area contributed by atoms with Crippen LogP contribution in [0, 0.1) is 16.0 Å². The highest BCUT2D eigenvalue weighted by Gasteiger charge is 2.33. The molecule has 0 radical (unpaired) electrons. The summed E-state index contributed by atoms with van der Waals surface area (Å²) < 4.78 is 6.55. The average Bonchev–Trinajstić information content (AvgIpc) is 3.10. The molecular formula is C19H24N4O4S. The summed E-state index contributed by atoms with van der Waals surface area (Å²) in [6.07, 6.45) is 1.77. The minimum Gasteiger partial charge on any atom is -0.372 e. The second-order valence-electron chi connectivity index (χ2n) is 7.67. The number of ether oxygens (including phenoxy) is 1. The first kappa shape index (κ1) is 19.1. The van der Waals surface area contributed by atoms with E-state index in [0.717, 1.165) is 41.3 Å². The number of non-ortho nitro benzene ring substituents is 1. The highest BCUT2D eigenvalue weighted by Crippen LogP contribution is 2.33. The van der Waals surface area contributed by atoms with Crippen LogP contribution in [0.15, 0.2) is 18.2 Å². The Balaban J connectivity index is 1.40. The van der Waals surface area contributed by atoms with Gasteiger partial charge in [0.15, 0.2) is 5.13 Å². The van der Waals surface area contributed by atoms with Crippen LogP contribution in [0.5, 0.6) is 0 Å². The van der Waals surface area contributed by atoms with Gasteiger partial charge in [0.2, 0.25) is 5.91 Å². The van der Waals surface area contributed by atoms with E-state index in [0.29, 0.717) is 13.1 Å². The van der Waals surface area contributed by atoms with E-state index in [1.54, 1.807) is 12.1 Å². The minimum absolute atomic E-state index is 0.0456. The molecule has 2 atom stereocenters. The van der Waals surface area contributed by atoms with Gasteiger partial charge in [-0.2, -0.15) is 0 Å². The standard InChI is InChI=1S/C19H24N4O4S/c1-12-10-22(11-13(2)27-12)18(24)14-5-7-21(8-6-14)19-20-16-4-3-15(23(25)26)9-17(16)28-19/h3-4,9,12-14H,5-8,10-11H2,1-2H3. The Bertz CT molecular complexity index is 883. The van der Waals surface area contributed by atoms with Crippen molar-refractivity contribution >= 4 is 38.3 Å². The second-order valence-corrected chi connectivity index (χ2v) is 8.68. The number of hydrogen-bond acceptors (Lipinski definition) is 7. The molecule has 3 heterocycles. The minimum atomic E-state index is -0.386. The van der Waals surface area contributed by atoms with Crippen LogP contribution in [0.1, 0.15) is 26.7 Å². The van der Waals surface area contributed by atoms with Gasteiger partial charge in [0.05, 0.1) is 27.3 Å². The van der Waals surface area contributed by atoms with Crippen molar-refractivity contribution in [1.82, 2.24) is 9.88 Å². The molecule has 0 saturated carbocycles. The third-order valence-electron chi connectivity index (χ3n) is 5.42. The van der Waals surface area contributed by atoms with E-state index in [1.165, 1.54) is 17.4 Å². The second kappa shape index (κ2) is 7.63. The summed E-state index contributed by atoms with van der Waals surface area (Å²) in [5, 5.41) is 11.8. The smallest absolute Gasteiger partial charge is 0.270 e. The van der Waals surface area contributed by atoms with Crippen molar-refractivity contribution < 1.29 is 14.5 Å². The molecule has 0 bridgehead atoms. The topological polar surface area (TPSA) is 88.8 Å². The van der Waals surface area contributed by atoms with E-state index in [1.807, 2.05) is 18.7 Å². The summed E-state index contributed by atoms with van der Waals surface area (Å²) in [6.45, 7) is 6.90. The molecule has 2 saturated heterocycles. The maximum Gasteiger partial charge on any atom is 0.270 e. The van der Waals surface area contributed by atoms with Crippen molar-refractivity contribution in [1.29, 1.82) is 0 Å². The van der Waals surface area contributed by atoms with Crippen molar-refractivity contribution in [3.05, 3.63) is 28.3 Å². The summed E-state index contributed by atoms with van der Waals surface area (Å²) in [6, 6.07) is 4.76. The number of piperidine rings is 1. The number of amides is 1. The number of morpholine rings is 1. The predicted molar refractivity (Wildman–Crippen MR) is 108 cm³/mol.